The van der Waals surface area contributed by atoms with Crippen LogP contribution in [0, 0.1) is 13.8 Å². The average molecular weight is 399 g/mol. The van der Waals surface area contributed by atoms with Crippen molar-refractivity contribution in [3.8, 4) is 0 Å². The van der Waals surface area contributed by atoms with Gasteiger partial charge in [-0.3, -0.25) is 4.79 Å². The molecule has 3 aromatic rings. The Labute approximate surface area is 167 Å². The van der Waals surface area contributed by atoms with Crippen LogP contribution in [0.3, 0.4) is 0 Å². The molecule has 0 spiro atoms. The molecule has 0 unspecified atom stereocenters. The number of rotatable bonds is 7. The molecule has 0 atom stereocenters. The highest BCUT2D eigenvalue weighted by molar-refractivity contribution is 8.01. The zero-order chi connectivity index (χ0) is 19.2. The van der Waals surface area contributed by atoms with E-state index in [0.29, 0.717) is 12.3 Å². The Kier molecular flexibility index (Phi) is 6.47. The quantitative estimate of drug-likeness (QED) is 0.565. The van der Waals surface area contributed by atoms with Gasteiger partial charge in [0, 0.05) is 17.9 Å². The lowest BCUT2D eigenvalue weighted by Gasteiger charge is -2.20. The lowest BCUT2D eigenvalue weighted by atomic mass is 10.1. The van der Waals surface area contributed by atoms with Crippen molar-refractivity contribution < 1.29 is 4.79 Å². The third-order valence-electron chi connectivity index (χ3n) is 4.17. The number of benzene rings is 2. The van der Waals surface area contributed by atoms with Crippen molar-refractivity contribution in [2.75, 3.05) is 22.5 Å². The first-order chi connectivity index (χ1) is 13.1. The molecule has 7 heteroatoms. The molecule has 0 aliphatic rings. The van der Waals surface area contributed by atoms with Crippen LogP contribution < -0.4 is 10.2 Å². The Morgan fingerprint density at radius 1 is 1.11 bits per heavy atom. The number of carbonyl (C=O) groups is 1. The van der Waals surface area contributed by atoms with E-state index in [2.05, 4.69) is 41.5 Å². The van der Waals surface area contributed by atoms with Gasteiger partial charge in [0.2, 0.25) is 11.0 Å². The molecule has 0 aliphatic carbocycles. The molecule has 0 radical (unpaired) electrons. The van der Waals surface area contributed by atoms with Crippen LogP contribution in [-0.2, 0) is 4.79 Å². The number of aromatic nitrogens is 2. The van der Waals surface area contributed by atoms with E-state index in [-0.39, 0.29) is 5.91 Å². The van der Waals surface area contributed by atoms with Crippen LogP contribution >= 0.6 is 23.1 Å². The number of carbonyl (C=O) groups excluding carboxylic acids is 1. The first-order valence-electron chi connectivity index (χ1n) is 8.73. The molecule has 5 nitrogen and oxygen atoms in total. The topological polar surface area (TPSA) is 58.1 Å². The van der Waals surface area contributed by atoms with Crippen LogP contribution in [0.2, 0.25) is 0 Å². The van der Waals surface area contributed by atoms with Gasteiger partial charge in [-0.15, -0.1) is 10.2 Å². The van der Waals surface area contributed by atoms with Gasteiger partial charge in [0.05, 0.1) is 5.75 Å². The second-order valence-electron chi connectivity index (χ2n) is 6.06. The molecule has 27 heavy (non-hydrogen) atoms. The minimum absolute atomic E-state index is 0.0626. The summed E-state index contributed by atoms with van der Waals surface area (Å²) in [6.07, 6.45) is 0. The zero-order valence-electron chi connectivity index (χ0n) is 15.6. The van der Waals surface area contributed by atoms with Crippen molar-refractivity contribution in [3.63, 3.8) is 0 Å². The molecule has 140 valence electrons. The number of nitrogens with one attached hydrogen (secondary N) is 1. The average Bonchev–Trinajstić information content (AvgIpc) is 3.12. The van der Waals surface area contributed by atoms with Crippen molar-refractivity contribution in [3.05, 3.63) is 59.7 Å². The molecule has 1 heterocycles. The highest BCUT2D eigenvalue weighted by Gasteiger charge is 2.15. The van der Waals surface area contributed by atoms with Crippen LogP contribution in [0.1, 0.15) is 18.1 Å². The highest BCUT2D eigenvalue weighted by atomic mass is 32.2. The fraction of sp³-hybridized carbons (Fsp3) is 0.250. The van der Waals surface area contributed by atoms with Gasteiger partial charge in [-0.2, -0.15) is 0 Å². The van der Waals surface area contributed by atoms with E-state index < -0.39 is 0 Å². The number of para-hydroxylation sites is 1. The van der Waals surface area contributed by atoms with Gasteiger partial charge in [0.25, 0.3) is 0 Å². The summed E-state index contributed by atoms with van der Waals surface area (Å²) in [7, 11) is 0. The number of amides is 1. The van der Waals surface area contributed by atoms with Gasteiger partial charge in [-0.25, -0.2) is 0 Å². The maximum Gasteiger partial charge on any atom is 0.237 e. The number of hydrogen-bond donors (Lipinski definition) is 1. The van der Waals surface area contributed by atoms with Crippen molar-refractivity contribution in [2.24, 2.45) is 0 Å². The standard InChI is InChI=1S/C20H22N4OS2/c1-4-24(17-8-6-5-7-9-17)18(25)13-26-20-23-22-19(27-20)21-16-11-10-14(2)15(3)12-16/h5-12H,4,13H2,1-3H3,(H,21,22). The molecule has 0 aliphatic heterocycles. The summed E-state index contributed by atoms with van der Waals surface area (Å²) in [5.74, 6) is 0.397. The largest absolute Gasteiger partial charge is 0.330 e. The minimum Gasteiger partial charge on any atom is -0.330 e. The number of anilines is 3. The van der Waals surface area contributed by atoms with Gasteiger partial charge < -0.3 is 10.2 Å². The number of nitrogens with zero attached hydrogens (tertiary/aromatic N) is 3. The van der Waals surface area contributed by atoms with Crippen LogP contribution in [0.5, 0.6) is 0 Å². The van der Waals surface area contributed by atoms with Crippen LogP contribution in [0.4, 0.5) is 16.5 Å². The van der Waals surface area contributed by atoms with E-state index in [1.807, 2.05) is 43.3 Å². The summed E-state index contributed by atoms with van der Waals surface area (Å²) in [6.45, 7) is 6.79. The molecular weight excluding hydrogens is 376 g/mol. The Morgan fingerprint density at radius 2 is 1.89 bits per heavy atom. The van der Waals surface area contributed by atoms with Gasteiger partial charge in [0.15, 0.2) is 4.34 Å². The van der Waals surface area contributed by atoms with E-state index in [1.54, 1.807) is 4.90 Å². The molecule has 3 rings (SSSR count). The molecule has 0 fully saturated rings. The third kappa shape index (κ3) is 5.08. The number of thioether (sulfide) groups is 1. The Balaban J connectivity index is 1.59. The molecule has 1 amide bonds. The molecule has 0 saturated heterocycles. The smallest absolute Gasteiger partial charge is 0.237 e. The maximum atomic E-state index is 12.6. The van der Waals surface area contributed by atoms with E-state index in [9.17, 15) is 4.79 Å². The predicted octanol–water partition coefficient (Wildman–Crippen LogP) is 5.04. The van der Waals surface area contributed by atoms with Crippen molar-refractivity contribution in [1.82, 2.24) is 10.2 Å². The Hall–Kier alpha value is -2.38. The summed E-state index contributed by atoms with van der Waals surface area (Å²) in [5, 5.41) is 12.4. The number of hydrogen-bond acceptors (Lipinski definition) is 6. The van der Waals surface area contributed by atoms with Crippen LogP contribution in [0.25, 0.3) is 0 Å². The SMILES string of the molecule is CCN(C(=O)CSc1nnc(Nc2ccc(C)c(C)c2)s1)c1ccccc1. The molecule has 2 aromatic carbocycles. The maximum absolute atomic E-state index is 12.6. The summed E-state index contributed by atoms with van der Waals surface area (Å²) in [5.41, 5.74) is 4.39. The molecular formula is C20H22N4OS2. The molecule has 0 bridgehead atoms. The lowest BCUT2D eigenvalue weighted by Crippen LogP contribution is -2.32. The van der Waals surface area contributed by atoms with Crippen molar-refractivity contribution >= 4 is 45.5 Å². The van der Waals surface area contributed by atoms with Crippen molar-refractivity contribution in [1.29, 1.82) is 0 Å². The van der Waals surface area contributed by atoms with E-state index in [0.717, 1.165) is 20.8 Å². The minimum atomic E-state index is 0.0626. The van der Waals surface area contributed by atoms with Gasteiger partial charge in [0.1, 0.15) is 0 Å². The summed E-state index contributed by atoms with van der Waals surface area (Å²) in [6, 6.07) is 15.9. The van der Waals surface area contributed by atoms with Gasteiger partial charge in [-0.05, 0) is 56.2 Å². The second-order valence-corrected chi connectivity index (χ2v) is 8.26. The normalized spacial score (nSPS) is 10.6. The van der Waals surface area contributed by atoms with Crippen LogP contribution in [0.15, 0.2) is 52.9 Å². The van der Waals surface area contributed by atoms with Gasteiger partial charge >= 0.3 is 0 Å². The zero-order valence-corrected chi connectivity index (χ0v) is 17.2. The van der Waals surface area contributed by atoms with E-state index in [4.69, 9.17) is 0 Å². The number of aryl methyl sites for hydroxylation is 2. The summed E-state index contributed by atoms with van der Waals surface area (Å²) >= 11 is 2.87. The molecule has 1 N–H and O–H groups in total. The Bertz CT molecular complexity index is 911. The second kappa shape index (κ2) is 9.01. The van der Waals surface area contributed by atoms with Crippen LogP contribution in [-0.4, -0.2) is 28.4 Å². The first-order valence-corrected chi connectivity index (χ1v) is 10.5. The monoisotopic (exact) mass is 398 g/mol. The predicted molar refractivity (Wildman–Crippen MR) is 114 cm³/mol. The summed E-state index contributed by atoms with van der Waals surface area (Å²) < 4.78 is 0.777. The molecule has 0 saturated carbocycles. The summed E-state index contributed by atoms with van der Waals surface area (Å²) in [4.78, 5) is 14.3. The third-order valence-corrected chi connectivity index (χ3v) is 6.13. The lowest BCUT2D eigenvalue weighted by molar-refractivity contribution is -0.116. The Morgan fingerprint density at radius 3 is 2.59 bits per heavy atom. The fourth-order valence-corrected chi connectivity index (χ4v) is 4.22. The van der Waals surface area contributed by atoms with E-state index >= 15 is 0 Å². The van der Waals surface area contributed by atoms with Gasteiger partial charge in [-0.1, -0.05) is 47.4 Å². The first kappa shape index (κ1) is 19.4. The van der Waals surface area contributed by atoms with E-state index in [1.165, 1.54) is 34.2 Å². The van der Waals surface area contributed by atoms with Crippen molar-refractivity contribution in [2.45, 2.75) is 25.1 Å². The molecule has 1 aromatic heterocycles. The highest BCUT2D eigenvalue weighted by Crippen LogP contribution is 2.28. The fourth-order valence-electron chi connectivity index (χ4n) is 2.57.